The molecule has 20 heavy (non-hydrogen) atoms. The van der Waals surface area contributed by atoms with Crippen LogP contribution in [0.4, 0.5) is 0 Å². The first-order valence-corrected chi connectivity index (χ1v) is 7.50. The molecule has 4 nitrogen and oxygen atoms in total. The topological polar surface area (TPSA) is 45.5 Å². The minimum Gasteiger partial charge on any atom is -0.396 e. The molecule has 0 saturated heterocycles. The highest BCUT2D eigenvalue weighted by Gasteiger charge is 2.18. The molecule has 0 aliphatic heterocycles. The molecule has 2 rings (SSSR count). The van der Waals surface area contributed by atoms with Gasteiger partial charge in [-0.2, -0.15) is 0 Å². The maximum atomic E-state index is 12.6. The van der Waals surface area contributed by atoms with Gasteiger partial charge in [-0.1, -0.05) is 0 Å². The summed E-state index contributed by atoms with van der Waals surface area (Å²) in [5.41, 5.74) is 0.677. The number of aromatic nitrogens is 1. The number of hydrogen-bond acceptors (Lipinski definition) is 3. The van der Waals surface area contributed by atoms with E-state index >= 15 is 0 Å². The van der Waals surface area contributed by atoms with Gasteiger partial charge in [0.15, 0.2) is 0 Å². The lowest BCUT2D eigenvalue weighted by Crippen LogP contribution is -2.32. The highest BCUT2D eigenvalue weighted by atomic mass is 32.1. The van der Waals surface area contributed by atoms with Crippen molar-refractivity contribution in [3.8, 4) is 0 Å². The van der Waals surface area contributed by atoms with E-state index in [2.05, 4.69) is 19.1 Å². The molecule has 1 amide bonds. The summed E-state index contributed by atoms with van der Waals surface area (Å²) in [6, 6.07) is 7.82. The summed E-state index contributed by atoms with van der Waals surface area (Å²) in [4.78, 5) is 16.8. The van der Waals surface area contributed by atoms with E-state index in [4.69, 9.17) is 5.11 Å². The number of carbonyl (C=O) groups excluding carboxylic acids is 1. The Balaban J connectivity index is 2.14. The van der Waals surface area contributed by atoms with Gasteiger partial charge in [0.1, 0.15) is 5.69 Å². The van der Waals surface area contributed by atoms with Crippen LogP contribution in [-0.4, -0.2) is 33.6 Å². The predicted molar refractivity (Wildman–Crippen MR) is 80.9 cm³/mol. The molecule has 2 aromatic rings. The van der Waals surface area contributed by atoms with E-state index in [1.807, 2.05) is 29.9 Å². The summed E-state index contributed by atoms with van der Waals surface area (Å²) in [5.74, 6) is 0.0111. The Morgan fingerprint density at radius 3 is 2.75 bits per heavy atom. The molecule has 0 aromatic carbocycles. The van der Waals surface area contributed by atoms with Crippen LogP contribution in [0.5, 0.6) is 0 Å². The van der Waals surface area contributed by atoms with Crippen LogP contribution in [0.15, 0.2) is 30.5 Å². The van der Waals surface area contributed by atoms with Crippen molar-refractivity contribution in [2.75, 3.05) is 13.2 Å². The largest absolute Gasteiger partial charge is 0.396 e. The molecular formula is C15H20N2O2S. The Morgan fingerprint density at radius 2 is 2.20 bits per heavy atom. The molecule has 0 atom stereocenters. The van der Waals surface area contributed by atoms with Crippen molar-refractivity contribution in [2.24, 2.45) is 7.05 Å². The number of aliphatic hydroxyl groups excluding tert-OH is 1. The first kappa shape index (κ1) is 14.8. The molecule has 0 unspecified atom stereocenters. The Bertz CT molecular complexity index is 574. The highest BCUT2D eigenvalue weighted by molar-refractivity contribution is 7.11. The molecule has 0 saturated carbocycles. The van der Waals surface area contributed by atoms with Gasteiger partial charge in [-0.25, -0.2) is 0 Å². The second-order valence-corrected chi connectivity index (χ2v) is 6.19. The first-order valence-electron chi connectivity index (χ1n) is 6.68. The third-order valence-corrected chi connectivity index (χ3v) is 4.16. The van der Waals surface area contributed by atoms with Gasteiger partial charge in [-0.05, 0) is 37.6 Å². The van der Waals surface area contributed by atoms with E-state index in [-0.39, 0.29) is 12.5 Å². The van der Waals surface area contributed by atoms with Gasteiger partial charge < -0.3 is 14.6 Å². The van der Waals surface area contributed by atoms with E-state index in [1.54, 1.807) is 16.2 Å². The minimum absolute atomic E-state index is 0.0111. The smallest absolute Gasteiger partial charge is 0.270 e. The van der Waals surface area contributed by atoms with Gasteiger partial charge in [0, 0.05) is 36.2 Å². The summed E-state index contributed by atoms with van der Waals surface area (Å²) in [6.45, 7) is 3.33. The van der Waals surface area contributed by atoms with Crippen LogP contribution >= 0.6 is 11.3 Å². The van der Waals surface area contributed by atoms with Crippen molar-refractivity contribution >= 4 is 17.2 Å². The SMILES string of the molecule is Cc1ccc(CN(CCCO)C(=O)c2cccn2C)s1. The molecule has 0 bridgehead atoms. The maximum absolute atomic E-state index is 12.6. The Labute approximate surface area is 123 Å². The molecule has 2 aromatic heterocycles. The Morgan fingerprint density at radius 1 is 1.40 bits per heavy atom. The lowest BCUT2D eigenvalue weighted by Gasteiger charge is -2.22. The number of rotatable bonds is 6. The van der Waals surface area contributed by atoms with Gasteiger partial charge in [-0.15, -0.1) is 11.3 Å². The van der Waals surface area contributed by atoms with Crippen molar-refractivity contribution in [1.82, 2.24) is 9.47 Å². The lowest BCUT2D eigenvalue weighted by molar-refractivity contribution is 0.0724. The average Bonchev–Trinajstić information content (AvgIpc) is 3.02. The van der Waals surface area contributed by atoms with Crippen molar-refractivity contribution in [1.29, 1.82) is 0 Å². The highest BCUT2D eigenvalue weighted by Crippen LogP contribution is 2.18. The third-order valence-electron chi connectivity index (χ3n) is 3.18. The number of carbonyl (C=O) groups is 1. The summed E-state index contributed by atoms with van der Waals surface area (Å²) in [7, 11) is 1.87. The van der Waals surface area contributed by atoms with Crippen molar-refractivity contribution in [3.05, 3.63) is 45.9 Å². The van der Waals surface area contributed by atoms with E-state index in [1.165, 1.54) is 9.75 Å². The molecule has 2 heterocycles. The van der Waals surface area contributed by atoms with E-state index in [0.717, 1.165) is 0 Å². The van der Waals surface area contributed by atoms with Gasteiger partial charge in [-0.3, -0.25) is 4.79 Å². The fourth-order valence-electron chi connectivity index (χ4n) is 2.12. The molecule has 5 heteroatoms. The van der Waals surface area contributed by atoms with Crippen LogP contribution in [0.2, 0.25) is 0 Å². The van der Waals surface area contributed by atoms with Crippen LogP contribution in [0.1, 0.15) is 26.7 Å². The zero-order valence-corrected chi connectivity index (χ0v) is 12.7. The molecule has 1 N–H and O–H groups in total. The van der Waals surface area contributed by atoms with E-state index < -0.39 is 0 Å². The van der Waals surface area contributed by atoms with Crippen LogP contribution in [0.25, 0.3) is 0 Å². The summed E-state index contributed by atoms with van der Waals surface area (Å²) >= 11 is 1.71. The zero-order valence-electron chi connectivity index (χ0n) is 11.9. The summed E-state index contributed by atoms with van der Waals surface area (Å²) in [6.07, 6.45) is 2.47. The third kappa shape index (κ3) is 3.49. The predicted octanol–water partition coefficient (Wildman–Crippen LogP) is 2.42. The van der Waals surface area contributed by atoms with Crippen LogP contribution in [-0.2, 0) is 13.6 Å². The Hall–Kier alpha value is -1.59. The number of aliphatic hydroxyl groups is 1. The first-order chi connectivity index (χ1) is 9.61. The normalized spacial score (nSPS) is 10.8. The number of aryl methyl sites for hydroxylation is 2. The van der Waals surface area contributed by atoms with Gasteiger partial charge in [0.25, 0.3) is 5.91 Å². The van der Waals surface area contributed by atoms with Crippen molar-refractivity contribution in [2.45, 2.75) is 19.9 Å². The van der Waals surface area contributed by atoms with Gasteiger partial charge in [0.05, 0.1) is 6.54 Å². The molecule has 0 radical (unpaired) electrons. The molecule has 0 spiro atoms. The molecular weight excluding hydrogens is 272 g/mol. The lowest BCUT2D eigenvalue weighted by atomic mass is 10.3. The molecule has 0 fully saturated rings. The minimum atomic E-state index is 0.0111. The van der Waals surface area contributed by atoms with Gasteiger partial charge >= 0.3 is 0 Å². The fraction of sp³-hybridized carbons (Fsp3) is 0.400. The van der Waals surface area contributed by atoms with Gasteiger partial charge in [0.2, 0.25) is 0 Å². The maximum Gasteiger partial charge on any atom is 0.270 e. The fourth-order valence-corrected chi connectivity index (χ4v) is 3.02. The number of thiophene rings is 1. The number of amides is 1. The van der Waals surface area contributed by atoms with Crippen LogP contribution in [0, 0.1) is 6.92 Å². The summed E-state index contributed by atoms with van der Waals surface area (Å²) in [5, 5.41) is 9.01. The standard InChI is InChI=1S/C15H20N2O2S/c1-12-6-7-13(20-12)11-17(9-4-10-18)15(19)14-5-3-8-16(14)2/h3,5-8,18H,4,9-11H2,1-2H3. The monoisotopic (exact) mass is 292 g/mol. The quantitative estimate of drug-likeness (QED) is 0.888. The van der Waals surface area contributed by atoms with Crippen molar-refractivity contribution < 1.29 is 9.90 Å². The molecule has 108 valence electrons. The average molecular weight is 292 g/mol. The van der Waals surface area contributed by atoms with E-state index in [9.17, 15) is 4.79 Å². The van der Waals surface area contributed by atoms with Crippen LogP contribution in [0.3, 0.4) is 0 Å². The second kappa shape index (κ2) is 6.72. The summed E-state index contributed by atoms with van der Waals surface area (Å²) < 4.78 is 1.83. The molecule has 0 aliphatic carbocycles. The number of hydrogen-bond donors (Lipinski definition) is 1. The second-order valence-electron chi connectivity index (χ2n) is 4.82. The molecule has 0 aliphatic rings. The van der Waals surface area contributed by atoms with Crippen molar-refractivity contribution in [3.63, 3.8) is 0 Å². The van der Waals surface area contributed by atoms with E-state index in [0.29, 0.717) is 25.2 Å². The Kier molecular flexibility index (Phi) is 4.98. The van der Waals surface area contributed by atoms with Crippen LogP contribution < -0.4 is 0 Å². The zero-order chi connectivity index (χ0) is 14.5. The number of nitrogens with zero attached hydrogens (tertiary/aromatic N) is 2.